The van der Waals surface area contributed by atoms with Gasteiger partial charge in [-0.05, 0) is 91.7 Å². The minimum Gasteiger partial charge on any atom is -0.393 e. The highest BCUT2D eigenvalue weighted by molar-refractivity contribution is 5.61. The van der Waals surface area contributed by atoms with Gasteiger partial charge in [0, 0.05) is 0 Å². The number of rotatable bonds is 3. The third-order valence-electron chi connectivity index (χ3n) is 6.86. The molecule has 136 valence electrons. The van der Waals surface area contributed by atoms with E-state index in [1.54, 1.807) is 12.1 Å². The van der Waals surface area contributed by atoms with Crippen molar-refractivity contribution in [2.75, 3.05) is 0 Å². The molecule has 2 fully saturated rings. The van der Waals surface area contributed by atoms with Gasteiger partial charge in [0.1, 0.15) is 5.82 Å². The summed E-state index contributed by atoms with van der Waals surface area (Å²) in [5.74, 6) is 0.627. The summed E-state index contributed by atoms with van der Waals surface area (Å²) in [5, 5.41) is 15.5. The first-order valence-electron chi connectivity index (χ1n) is 9.78. The van der Waals surface area contributed by atoms with Gasteiger partial charge in [0.2, 0.25) is 0 Å². The Balaban J connectivity index is 1.54. The van der Waals surface area contributed by atoms with E-state index in [1.807, 2.05) is 10.9 Å². The van der Waals surface area contributed by atoms with E-state index in [2.05, 4.69) is 18.1 Å². The lowest BCUT2D eigenvalue weighted by Gasteiger charge is -2.48. The molecule has 0 aliphatic heterocycles. The topological polar surface area (TPSA) is 38.0 Å². The Bertz CT molecular complexity index is 865. The molecule has 3 aliphatic rings. The summed E-state index contributed by atoms with van der Waals surface area (Å²) >= 11 is 0. The van der Waals surface area contributed by atoms with Gasteiger partial charge in [0.15, 0.2) is 0 Å². The van der Waals surface area contributed by atoms with Crippen molar-refractivity contribution in [3.63, 3.8) is 0 Å². The highest BCUT2D eigenvalue weighted by Crippen LogP contribution is 2.54. The molecule has 3 nitrogen and oxygen atoms in total. The number of aliphatic hydroxyl groups excluding tert-OH is 1. The van der Waals surface area contributed by atoms with Crippen molar-refractivity contribution in [3.8, 4) is 5.69 Å². The van der Waals surface area contributed by atoms with Crippen LogP contribution in [-0.4, -0.2) is 21.0 Å². The van der Waals surface area contributed by atoms with Gasteiger partial charge in [-0.2, -0.15) is 5.10 Å². The summed E-state index contributed by atoms with van der Waals surface area (Å²) in [6.07, 6.45) is 10.7. The van der Waals surface area contributed by atoms with Gasteiger partial charge in [-0.1, -0.05) is 12.5 Å². The first-order chi connectivity index (χ1) is 12.6. The van der Waals surface area contributed by atoms with E-state index in [0.717, 1.165) is 37.1 Å². The Hall–Kier alpha value is -1.94. The van der Waals surface area contributed by atoms with Crippen LogP contribution in [-0.2, 0) is 6.42 Å². The highest BCUT2D eigenvalue weighted by atomic mass is 19.1. The largest absolute Gasteiger partial charge is 0.393 e. The standard InChI is InChI=1S/C22H25FN2O/c1-22-12-15-13-24-25(18-9-7-17(23)8-10-18)20(15)11-16(22)3-2-4-19(22)21(26)14-5-6-14/h7-11,13-14,19,21,26H,2-6,12H2,1H3/t19-,21-,22+/m1/s1. The first kappa shape index (κ1) is 16.2. The van der Waals surface area contributed by atoms with Gasteiger partial charge in [-0.3, -0.25) is 0 Å². The number of nitrogens with zero attached hydrogens (tertiary/aromatic N) is 2. The molecule has 0 radical (unpaired) electrons. The van der Waals surface area contributed by atoms with Crippen LogP contribution in [0, 0.1) is 23.1 Å². The summed E-state index contributed by atoms with van der Waals surface area (Å²) in [7, 11) is 0. The van der Waals surface area contributed by atoms with Crippen LogP contribution in [0.5, 0.6) is 0 Å². The molecular formula is C22H25FN2O. The lowest BCUT2D eigenvalue weighted by molar-refractivity contribution is 0.00899. The number of hydrogen-bond donors (Lipinski definition) is 1. The zero-order valence-corrected chi connectivity index (χ0v) is 15.2. The monoisotopic (exact) mass is 352 g/mol. The molecule has 2 saturated carbocycles. The Morgan fingerprint density at radius 2 is 2.00 bits per heavy atom. The number of allylic oxidation sites excluding steroid dienone is 1. The second-order valence-corrected chi connectivity index (χ2v) is 8.53. The number of halogens is 1. The molecular weight excluding hydrogens is 327 g/mol. The summed E-state index contributed by atoms with van der Waals surface area (Å²) < 4.78 is 15.2. The van der Waals surface area contributed by atoms with Crippen molar-refractivity contribution in [1.29, 1.82) is 0 Å². The molecule has 1 N–H and O–H groups in total. The molecule has 0 unspecified atom stereocenters. The van der Waals surface area contributed by atoms with Crippen LogP contribution in [0.1, 0.15) is 50.3 Å². The predicted molar refractivity (Wildman–Crippen MR) is 99.4 cm³/mol. The fourth-order valence-corrected chi connectivity index (χ4v) is 5.18. The van der Waals surface area contributed by atoms with E-state index in [1.165, 1.54) is 36.1 Å². The van der Waals surface area contributed by atoms with Crippen LogP contribution in [0.4, 0.5) is 4.39 Å². The third kappa shape index (κ3) is 2.46. The smallest absolute Gasteiger partial charge is 0.123 e. The van der Waals surface area contributed by atoms with Crippen molar-refractivity contribution in [2.45, 2.75) is 51.6 Å². The normalized spacial score (nSPS) is 28.9. The van der Waals surface area contributed by atoms with Crippen molar-refractivity contribution in [2.24, 2.45) is 17.3 Å². The van der Waals surface area contributed by atoms with Crippen LogP contribution < -0.4 is 0 Å². The fraction of sp³-hybridized carbons (Fsp3) is 0.500. The Morgan fingerprint density at radius 3 is 2.73 bits per heavy atom. The zero-order valence-electron chi connectivity index (χ0n) is 15.2. The summed E-state index contributed by atoms with van der Waals surface area (Å²) in [4.78, 5) is 0. The number of hydrogen-bond acceptors (Lipinski definition) is 2. The number of aromatic nitrogens is 2. The average Bonchev–Trinajstić information content (AvgIpc) is 3.41. The summed E-state index contributed by atoms with van der Waals surface area (Å²) in [6.45, 7) is 2.34. The van der Waals surface area contributed by atoms with Crippen molar-refractivity contribution in [1.82, 2.24) is 9.78 Å². The van der Waals surface area contributed by atoms with Crippen molar-refractivity contribution >= 4 is 6.08 Å². The minimum absolute atomic E-state index is 0.0317. The molecule has 0 bridgehead atoms. The maximum atomic E-state index is 13.3. The Kier molecular flexibility index (Phi) is 3.61. The number of benzene rings is 1. The third-order valence-corrected chi connectivity index (χ3v) is 6.86. The van der Waals surface area contributed by atoms with Gasteiger partial charge in [-0.25, -0.2) is 9.07 Å². The molecule has 0 spiro atoms. The van der Waals surface area contributed by atoms with E-state index in [-0.39, 0.29) is 17.3 Å². The quantitative estimate of drug-likeness (QED) is 0.881. The Labute approximate surface area is 153 Å². The maximum Gasteiger partial charge on any atom is 0.123 e. The fourth-order valence-electron chi connectivity index (χ4n) is 5.18. The SMILES string of the molecule is C[C@]12Cc3cnn(-c4ccc(F)cc4)c3C=C1CCC[C@@H]2[C@H](O)C1CC1. The lowest BCUT2D eigenvalue weighted by Crippen LogP contribution is -2.43. The van der Waals surface area contributed by atoms with Crippen molar-refractivity contribution < 1.29 is 9.50 Å². The number of aliphatic hydroxyl groups is 1. The van der Waals surface area contributed by atoms with E-state index in [4.69, 9.17) is 0 Å². The molecule has 4 heteroatoms. The maximum absolute atomic E-state index is 13.3. The molecule has 5 rings (SSSR count). The van der Waals surface area contributed by atoms with Crippen LogP contribution >= 0.6 is 0 Å². The van der Waals surface area contributed by atoms with E-state index < -0.39 is 0 Å². The molecule has 0 saturated heterocycles. The first-order valence-corrected chi connectivity index (χ1v) is 9.78. The van der Waals surface area contributed by atoms with Crippen LogP contribution in [0.15, 0.2) is 36.0 Å². The zero-order chi connectivity index (χ0) is 17.9. The molecule has 26 heavy (non-hydrogen) atoms. The molecule has 1 aromatic heterocycles. The van der Waals surface area contributed by atoms with Gasteiger partial charge >= 0.3 is 0 Å². The van der Waals surface area contributed by atoms with E-state index >= 15 is 0 Å². The Morgan fingerprint density at radius 1 is 1.23 bits per heavy atom. The van der Waals surface area contributed by atoms with Gasteiger partial charge in [0.05, 0.1) is 23.7 Å². The second-order valence-electron chi connectivity index (χ2n) is 8.53. The molecule has 3 aliphatic carbocycles. The predicted octanol–water partition coefficient (Wildman–Crippen LogP) is 4.53. The van der Waals surface area contributed by atoms with Crippen molar-refractivity contribution in [3.05, 3.63) is 53.1 Å². The van der Waals surface area contributed by atoms with Crippen LogP contribution in [0.2, 0.25) is 0 Å². The van der Waals surface area contributed by atoms with Crippen LogP contribution in [0.3, 0.4) is 0 Å². The highest BCUT2D eigenvalue weighted by Gasteiger charge is 2.49. The van der Waals surface area contributed by atoms with E-state index in [0.29, 0.717) is 11.8 Å². The lowest BCUT2D eigenvalue weighted by atomic mass is 9.58. The summed E-state index contributed by atoms with van der Waals surface area (Å²) in [5.41, 5.74) is 4.72. The molecule has 1 heterocycles. The molecule has 2 aromatic rings. The van der Waals surface area contributed by atoms with Gasteiger partial charge < -0.3 is 5.11 Å². The van der Waals surface area contributed by atoms with Crippen LogP contribution in [0.25, 0.3) is 11.8 Å². The minimum atomic E-state index is -0.232. The molecule has 1 aromatic carbocycles. The number of fused-ring (bicyclic) bond motifs is 2. The second kappa shape index (κ2) is 5.78. The average molecular weight is 352 g/mol. The van der Waals surface area contributed by atoms with Gasteiger partial charge in [0.25, 0.3) is 0 Å². The molecule has 0 amide bonds. The van der Waals surface area contributed by atoms with E-state index in [9.17, 15) is 9.50 Å². The van der Waals surface area contributed by atoms with Gasteiger partial charge in [-0.15, -0.1) is 0 Å². The summed E-state index contributed by atoms with van der Waals surface area (Å²) in [6, 6.07) is 6.50. The molecule has 3 atom stereocenters.